The summed E-state index contributed by atoms with van der Waals surface area (Å²) in [7, 11) is 4.24. The number of thiophene rings is 1. The van der Waals surface area contributed by atoms with Crippen LogP contribution in [0.5, 0.6) is 0 Å². The van der Waals surface area contributed by atoms with E-state index >= 15 is 0 Å². The van der Waals surface area contributed by atoms with Gasteiger partial charge in [0.25, 0.3) is 0 Å². The lowest BCUT2D eigenvalue weighted by Gasteiger charge is -2.33. The molecule has 1 aliphatic rings. The molecule has 0 saturated heterocycles. The van der Waals surface area contributed by atoms with Crippen molar-refractivity contribution in [3.8, 4) is 0 Å². The van der Waals surface area contributed by atoms with Crippen LogP contribution in [0.15, 0.2) is 115 Å². The third-order valence-corrected chi connectivity index (χ3v) is 9.39. The van der Waals surface area contributed by atoms with Gasteiger partial charge in [0.1, 0.15) is 0 Å². The van der Waals surface area contributed by atoms with Crippen LogP contribution in [0.2, 0.25) is 0 Å². The Bertz CT molecular complexity index is 1780. The second-order valence-corrected chi connectivity index (χ2v) is 13.3. The van der Waals surface area contributed by atoms with E-state index in [1.807, 2.05) is 11.3 Å². The zero-order valence-corrected chi connectivity index (χ0v) is 28.2. The molecule has 228 valence electrons. The molecule has 4 aromatic rings. The summed E-state index contributed by atoms with van der Waals surface area (Å²) >= 11 is 1.90. The maximum atomic E-state index is 2.55. The SMILES string of the molecule is C/C=C\C(C)Cc1c(/C=C(\C(C)C)N(/C(=C/N(C)C)CC)c2cccc3c2sc2ccccc23)ccn1C1=CC=CC=CC1. The van der Waals surface area contributed by atoms with Crippen LogP contribution in [0.3, 0.4) is 0 Å². The Morgan fingerprint density at radius 1 is 0.977 bits per heavy atom. The molecule has 0 N–H and O–H groups in total. The molecule has 1 atom stereocenters. The summed E-state index contributed by atoms with van der Waals surface area (Å²) in [5.74, 6) is 0.730. The second-order valence-electron chi connectivity index (χ2n) is 12.2. The molecular formula is C40H47N3S. The first-order valence-corrected chi connectivity index (χ1v) is 16.8. The number of allylic oxidation sites excluding steroid dienone is 10. The molecular weight excluding hydrogens is 555 g/mol. The molecule has 0 fully saturated rings. The van der Waals surface area contributed by atoms with Crippen molar-refractivity contribution < 1.29 is 0 Å². The molecule has 1 unspecified atom stereocenters. The van der Waals surface area contributed by atoms with Crippen molar-refractivity contribution >= 4 is 49.0 Å². The minimum Gasteiger partial charge on any atom is -0.382 e. The number of hydrogen-bond acceptors (Lipinski definition) is 3. The quantitative estimate of drug-likeness (QED) is 0.158. The van der Waals surface area contributed by atoms with E-state index in [4.69, 9.17) is 0 Å². The minimum absolute atomic E-state index is 0.295. The fourth-order valence-electron chi connectivity index (χ4n) is 6.17. The highest BCUT2D eigenvalue weighted by molar-refractivity contribution is 7.26. The zero-order valence-electron chi connectivity index (χ0n) is 27.4. The van der Waals surface area contributed by atoms with Crippen LogP contribution in [0.25, 0.3) is 31.9 Å². The zero-order chi connectivity index (χ0) is 31.2. The third kappa shape index (κ3) is 6.71. The third-order valence-electron chi connectivity index (χ3n) is 8.18. The van der Waals surface area contributed by atoms with Crippen molar-refractivity contribution in [1.82, 2.24) is 9.47 Å². The molecule has 0 radical (unpaired) electrons. The molecule has 0 spiro atoms. The van der Waals surface area contributed by atoms with Gasteiger partial charge in [-0.2, -0.15) is 0 Å². The number of anilines is 1. The molecule has 2 aromatic heterocycles. The first kappa shape index (κ1) is 31.4. The van der Waals surface area contributed by atoms with Gasteiger partial charge in [0.15, 0.2) is 0 Å². The first-order valence-electron chi connectivity index (χ1n) is 16.0. The van der Waals surface area contributed by atoms with Gasteiger partial charge in [0.2, 0.25) is 0 Å². The van der Waals surface area contributed by atoms with E-state index in [0.29, 0.717) is 11.8 Å². The molecule has 1 aliphatic carbocycles. The smallest absolute Gasteiger partial charge is 0.0634 e. The summed E-state index contributed by atoms with van der Waals surface area (Å²) in [4.78, 5) is 4.73. The van der Waals surface area contributed by atoms with E-state index in [9.17, 15) is 0 Å². The summed E-state index contributed by atoms with van der Waals surface area (Å²) in [6.45, 7) is 11.4. The van der Waals surface area contributed by atoms with Crippen LogP contribution >= 0.6 is 11.3 Å². The highest BCUT2D eigenvalue weighted by Gasteiger charge is 2.24. The fourth-order valence-corrected chi connectivity index (χ4v) is 7.37. The Balaban J connectivity index is 1.75. The van der Waals surface area contributed by atoms with Crippen molar-refractivity contribution in [2.75, 3.05) is 19.0 Å². The lowest BCUT2D eigenvalue weighted by molar-refractivity contribution is 0.552. The summed E-state index contributed by atoms with van der Waals surface area (Å²) in [5.41, 5.74) is 7.79. The standard InChI is InChI=1S/C40H47N3S/c1-8-17-30(5)26-38-31(24-25-42(38)33-18-12-10-11-13-19-33)27-37(29(3)4)43(32(9-2)28-41(6)7)36-22-16-21-35-34-20-14-15-23-39(34)44-40(35)36/h8,10-18,20-25,27-30H,9,19,26H2,1-7H3/b17-8-,32-28+,37-27+. The average molecular weight is 602 g/mol. The normalized spacial score (nSPS) is 15.0. The number of fused-ring (bicyclic) bond motifs is 3. The number of aromatic nitrogens is 1. The molecule has 0 amide bonds. The van der Waals surface area contributed by atoms with Gasteiger partial charge >= 0.3 is 0 Å². The van der Waals surface area contributed by atoms with Gasteiger partial charge < -0.3 is 14.4 Å². The van der Waals surface area contributed by atoms with Crippen molar-refractivity contribution in [2.24, 2.45) is 11.8 Å². The van der Waals surface area contributed by atoms with E-state index in [-0.39, 0.29) is 0 Å². The summed E-state index contributed by atoms with van der Waals surface area (Å²) in [5, 5.41) is 2.65. The van der Waals surface area contributed by atoms with Crippen molar-refractivity contribution in [3.63, 3.8) is 0 Å². The molecule has 4 heteroatoms. The Hall–Kier alpha value is -4.02. The van der Waals surface area contributed by atoms with Crippen LogP contribution in [0, 0.1) is 11.8 Å². The molecule has 0 bridgehead atoms. The first-order chi connectivity index (χ1) is 21.3. The molecule has 2 heterocycles. The molecule has 5 rings (SSSR count). The van der Waals surface area contributed by atoms with Crippen LogP contribution in [-0.2, 0) is 6.42 Å². The van der Waals surface area contributed by atoms with Crippen molar-refractivity contribution in [3.05, 3.63) is 126 Å². The van der Waals surface area contributed by atoms with E-state index in [1.54, 1.807) is 0 Å². The van der Waals surface area contributed by atoms with Crippen molar-refractivity contribution in [2.45, 2.75) is 53.9 Å². The highest BCUT2D eigenvalue weighted by atomic mass is 32.1. The van der Waals surface area contributed by atoms with Gasteiger partial charge in [-0.1, -0.05) is 94.5 Å². The molecule has 0 aliphatic heterocycles. The Morgan fingerprint density at radius 3 is 2.52 bits per heavy atom. The highest BCUT2D eigenvalue weighted by Crippen LogP contribution is 2.43. The van der Waals surface area contributed by atoms with Gasteiger partial charge in [-0.15, -0.1) is 11.3 Å². The monoisotopic (exact) mass is 601 g/mol. The number of benzene rings is 2. The van der Waals surface area contributed by atoms with Gasteiger partial charge in [0, 0.05) is 71.2 Å². The number of hydrogen-bond donors (Lipinski definition) is 0. The van der Waals surface area contributed by atoms with E-state index in [0.717, 1.165) is 19.3 Å². The molecule has 0 saturated carbocycles. The largest absolute Gasteiger partial charge is 0.382 e. The number of nitrogens with zero attached hydrogens (tertiary/aromatic N) is 3. The molecule has 2 aromatic carbocycles. The Morgan fingerprint density at radius 2 is 1.77 bits per heavy atom. The van der Waals surface area contributed by atoms with Crippen molar-refractivity contribution in [1.29, 1.82) is 0 Å². The molecule has 3 nitrogen and oxygen atoms in total. The van der Waals surface area contributed by atoms with Gasteiger partial charge in [-0.25, -0.2) is 0 Å². The summed E-state index contributed by atoms with van der Waals surface area (Å²) in [6.07, 6.45) is 25.2. The topological polar surface area (TPSA) is 11.4 Å². The Labute approximate surface area is 268 Å². The average Bonchev–Trinajstić information content (AvgIpc) is 3.46. The van der Waals surface area contributed by atoms with Gasteiger partial charge in [-0.3, -0.25) is 0 Å². The van der Waals surface area contributed by atoms with E-state index < -0.39 is 0 Å². The summed E-state index contributed by atoms with van der Waals surface area (Å²) < 4.78 is 5.09. The minimum atomic E-state index is 0.295. The van der Waals surface area contributed by atoms with E-state index in [1.165, 1.54) is 54.2 Å². The maximum absolute atomic E-state index is 2.55. The lowest BCUT2D eigenvalue weighted by atomic mass is 9.98. The van der Waals surface area contributed by atoms with E-state index in [2.05, 4.69) is 173 Å². The molecule has 44 heavy (non-hydrogen) atoms. The van der Waals surface area contributed by atoms with Crippen LogP contribution in [0.4, 0.5) is 5.69 Å². The lowest BCUT2D eigenvalue weighted by Crippen LogP contribution is -2.26. The predicted octanol–water partition coefficient (Wildman–Crippen LogP) is 11.3. The fraction of sp³-hybridized carbons (Fsp3) is 0.300. The Kier molecular flexibility index (Phi) is 10.1. The van der Waals surface area contributed by atoms with Crippen LogP contribution in [0.1, 0.15) is 58.7 Å². The predicted molar refractivity (Wildman–Crippen MR) is 196 cm³/mol. The summed E-state index contributed by atoms with van der Waals surface area (Å²) in [6, 6.07) is 17.9. The maximum Gasteiger partial charge on any atom is 0.0634 e. The van der Waals surface area contributed by atoms with Gasteiger partial charge in [0.05, 0.1) is 10.4 Å². The second kappa shape index (κ2) is 14.2. The van der Waals surface area contributed by atoms with Crippen LogP contribution in [-0.4, -0.2) is 23.6 Å². The van der Waals surface area contributed by atoms with Crippen LogP contribution < -0.4 is 4.90 Å². The van der Waals surface area contributed by atoms with Gasteiger partial charge in [-0.05, 0) is 67.5 Å². The number of rotatable bonds is 11.